The SMILES string of the molecule is CC1CCN(CC(=O)Nc2sc3c(c2C(=O)Nc2cccc([N+](=O)[O-])c2)CCC(C(C)(C)C)C3)CC1. The first kappa shape index (κ1) is 26.3. The summed E-state index contributed by atoms with van der Waals surface area (Å²) in [5, 5.41) is 17.6. The molecule has 194 valence electrons. The van der Waals surface area contributed by atoms with Crippen molar-refractivity contribution in [3.63, 3.8) is 0 Å². The predicted molar refractivity (Wildman–Crippen MR) is 144 cm³/mol. The van der Waals surface area contributed by atoms with Crippen molar-refractivity contribution in [1.29, 1.82) is 0 Å². The van der Waals surface area contributed by atoms with Crippen molar-refractivity contribution >= 4 is 39.5 Å². The van der Waals surface area contributed by atoms with Crippen LogP contribution in [0.25, 0.3) is 0 Å². The summed E-state index contributed by atoms with van der Waals surface area (Å²) in [6.45, 7) is 11.1. The molecule has 0 radical (unpaired) electrons. The first-order valence-corrected chi connectivity index (χ1v) is 13.6. The summed E-state index contributed by atoms with van der Waals surface area (Å²) < 4.78 is 0. The molecule has 0 saturated carbocycles. The van der Waals surface area contributed by atoms with Gasteiger partial charge >= 0.3 is 0 Å². The zero-order valence-corrected chi connectivity index (χ0v) is 22.4. The van der Waals surface area contributed by atoms with Gasteiger partial charge in [-0.15, -0.1) is 11.3 Å². The van der Waals surface area contributed by atoms with E-state index in [2.05, 4.69) is 43.2 Å². The van der Waals surface area contributed by atoms with Gasteiger partial charge in [0.05, 0.1) is 17.0 Å². The van der Waals surface area contributed by atoms with Crippen LogP contribution in [0.2, 0.25) is 0 Å². The lowest BCUT2D eigenvalue weighted by atomic mass is 9.72. The Balaban J connectivity index is 1.58. The molecular weight excluding hydrogens is 476 g/mol. The fraction of sp³-hybridized carbons (Fsp3) is 0.556. The third-order valence-corrected chi connectivity index (χ3v) is 8.70. The molecule has 2 aliphatic rings. The maximum Gasteiger partial charge on any atom is 0.271 e. The average Bonchev–Trinajstić information content (AvgIpc) is 3.17. The van der Waals surface area contributed by atoms with Crippen molar-refractivity contribution in [3.05, 3.63) is 50.4 Å². The van der Waals surface area contributed by atoms with Crippen LogP contribution in [0.3, 0.4) is 0 Å². The number of anilines is 2. The molecule has 9 heteroatoms. The Morgan fingerprint density at radius 2 is 1.89 bits per heavy atom. The van der Waals surface area contributed by atoms with E-state index in [0.29, 0.717) is 34.6 Å². The molecule has 2 amide bonds. The van der Waals surface area contributed by atoms with Crippen LogP contribution >= 0.6 is 11.3 Å². The number of hydrogen-bond donors (Lipinski definition) is 2. The molecule has 4 rings (SSSR count). The Bertz CT molecular complexity index is 1150. The number of likely N-dealkylation sites (tertiary alicyclic amines) is 1. The number of nitro groups is 1. The van der Waals surface area contributed by atoms with Crippen LogP contribution < -0.4 is 10.6 Å². The fourth-order valence-corrected chi connectivity index (χ4v) is 6.47. The van der Waals surface area contributed by atoms with E-state index < -0.39 is 4.92 Å². The largest absolute Gasteiger partial charge is 0.322 e. The zero-order valence-electron chi connectivity index (χ0n) is 21.6. The van der Waals surface area contributed by atoms with Crippen molar-refractivity contribution in [2.24, 2.45) is 17.3 Å². The Hall–Kier alpha value is -2.78. The number of nitrogens with zero attached hydrogens (tertiary/aromatic N) is 2. The number of fused-ring (bicyclic) bond motifs is 1. The molecule has 2 aromatic rings. The van der Waals surface area contributed by atoms with Gasteiger partial charge in [-0.2, -0.15) is 0 Å². The van der Waals surface area contributed by atoms with Crippen molar-refractivity contribution < 1.29 is 14.5 Å². The number of nitrogens with one attached hydrogen (secondary N) is 2. The standard InChI is InChI=1S/C27H36N4O4S/c1-17-10-12-30(13-11-17)16-23(32)29-26-24(21-9-8-18(27(2,3)4)14-22(21)36-26)25(33)28-19-6-5-7-20(15-19)31(34)35/h5-7,15,17-18H,8-14,16H2,1-4H3,(H,28,33)(H,29,32). The number of hydrogen-bond acceptors (Lipinski definition) is 6. The molecule has 1 fully saturated rings. The number of carbonyl (C=O) groups excluding carboxylic acids is 2. The van der Waals surface area contributed by atoms with Gasteiger partial charge < -0.3 is 10.6 Å². The molecule has 1 aliphatic heterocycles. The Morgan fingerprint density at radius 3 is 2.56 bits per heavy atom. The molecule has 1 atom stereocenters. The smallest absolute Gasteiger partial charge is 0.271 e. The highest BCUT2D eigenvalue weighted by Crippen LogP contribution is 2.44. The van der Waals surface area contributed by atoms with Gasteiger partial charge in [0.15, 0.2) is 0 Å². The monoisotopic (exact) mass is 512 g/mol. The number of amides is 2. The van der Waals surface area contributed by atoms with Crippen LogP contribution in [0.1, 0.15) is 67.8 Å². The Kier molecular flexibility index (Phi) is 7.80. The number of piperidine rings is 1. The summed E-state index contributed by atoms with van der Waals surface area (Å²) in [6, 6.07) is 5.92. The summed E-state index contributed by atoms with van der Waals surface area (Å²) in [7, 11) is 0. The van der Waals surface area contributed by atoms with Gasteiger partial charge in [0.25, 0.3) is 11.6 Å². The number of benzene rings is 1. The molecule has 1 unspecified atom stereocenters. The minimum atomic E-state index is -0.484. The van der Waals surface area contributed by atoms with Gasteiger partial charge in [0.1, 0.15) is 5.00 Å². The van der Waals surface area contributed by atoms with E-state index in [4.69, 9.17) is 0 Å². The number of rotatable bonds is 6. The number of carbonyl (C=O) groups is 2. The van der Waals surface area contributed by atoms with Crippen molar-refractivity contribution in [2.45, 2.75) is 59.8 Å². The molecule has 36 heavy (non-hydrogen) atoms. The van der Waals surface area contributed by atoms with E-state index in [1.54, 1.807) is 12.1 Å². The number of thiophene rings is 1. The molecule has 2 N–H and O–H groups in total. The minimum Gasteiger partial charge on any atom is -0.322 e. The molecule has 8 nitrogen and oxygen atoms in total. The van der Waals surface area contributed by atoms with E-state index in [0.717, 1.165) is 55.6 Å². The third kappa shape index (κ3) is 6.13. The quantitative estimate of drug-likeness (QED) is 0.380. The van der Waals surface area contributed by atoms with Gasteiger partial charge in [0.2, 0.25) is 5.91 Å². The number of nitro benzene ring substituents is 1. The highest BCUT2D eigenvalue weighted by molar-refractivity contribution is 7.17. The fourth-order valence-electron chi connectivity index (χ4n) is 5.13. The van der Waals surface area contributed by atoms with Gasteiger partial charge in [-0.3, -0.25) is 24.6 Å². The van der Waals surface area contributed by atoms with Gasteiger partial charge in [0, 0.05) is 22.7 Å². The Labute approximate surface area is 216 Å². The summed E-state index contributed by atoms with van der Waals surface area (Å²) in [4.78, 5) is 40.5. The predicted octanol–water partition coefficient (Wildman–Crippen LogP) is 5.73. The molecule has 0 spiro atoms. The van der Waals surface area contributed by atoms with E-state index in [1.165, 1.54) is 23.5 Å². The lowest BCUT2D eigenvalue weighted by Crippen LogP contribution is -2.38. The average molecular weight is 513 g/mol. The maximum absolute atomic E-state index is 13.5. The minimum absolute atomic E-state index is 0.0856. The molecule has 2 heterocycles. The lowest BCUT2D eigenvalue weighted by Gasteiger charge is -2.33. The van der Waals surface area contributed by atoms with E-state index in [9.17, 15) is 19.7 Å². The normalized spacial score (nSPS) is 18.9. The highest BCUT2D eigenvalue weighted by atomic mass is 32.1. The first-order valence-electron chi connectivity index (χ1n) is 12.7. The van der Waals surface area contributed by atoms with Crippen molar-refractivity contribution in [2.75, 3.05) is 30.3 Å². The molecule has 0 bridgehead atoms. The summed E-state index contributed by atoms with van der Waals surface area (Å²) in [5.41, 5.74) is 1.91. The second-order valence-electron chi connectivity index (χ2n) is 11.3. The zero-order chi connectivity index (χ0) is 26.0. The Morgan fingerprint density at radius 1 is 1.17 bits per heavy atom. The topological polar surface area (TPSA) is 105 Å². The van der Waals surface area contributed by atoms with Crippen LogP contribution in [0.5, 0.6) is 0 Å². The van der Waals surface area contributed by atoms with E-state index in [-0.39, 0.29) is 22.9 Å². The van der Waals surface area contributed by atoms with Crippen LogP contribution in [0, 0.1) is 27.4 Å². The van der Waals surface area contributed by atoms with Crippen LogP contribution in [-0.4, -0.2) is 41.3 Å². The third-order valence-electron chi connectivity index (χ3n) is 7.53. The van der Waals surface area contributed by atoms with Crippen LogP contribution in [-0.2, 0) is 17.6 Å². The highest BCUT2D eigenvalue weighted by Gasteiger charge is 2.34. The molecule has 1 aromatic carbocycles. The summed E-state index contributed by atoms with van der Waals surface area (Å²) in [5.74, 6) is 0.729. The second-order valence-corrected chi connectivity index (χ2v) is 12.4. The van der Waals surface area contributed by atoms with E-state index in [1.807, 2.05) is 0 Å². The van der Waals surface area contributed by atoms with Crippen LogP contribution in [0.4, 0.5) is 16.4 Å². The van der Waals surface area contributed by atoms with Gasteiger partial charge in [-0.25, -0.2) is 0 Å². The lowest BCUT2D eigenvalue weighted by molar-refractivity contribution is -0.384. The van der Waals surface area contributed by atoms with Gasteiger partial charge in [-0.05, 0) is 74.1 Å². The van der Waals surface area contributed by atoms with Crippen molar-refractivity contribution in [3.8, 4) is 0 Å². The molecule has 1 aliphatic carbocycles. The second kappa shape index (κ2) is 10.7. The van der Waals surface area contributed by atoms with Crippen molar-refractivity contribution in [1.82, 2.24) is 4.90 Å². The first-order chi connectivity index (χ1) is 17.0. The maximum atomic E-state index is 13.5. The molecule has 1 saturated heterocycles. The van der Waals surface area contributed by atoms with Crippen LogP contribution in [0.15, 0.2) is 24.3 Å². The van der Waals surface area contributed by atoms with E-state index >= 15 is 0 Å². The summed E-state index contributed by atoms with van der Waals surface area (Å²) in [6.07, 6.45) is 4.80. The summed E-state index contributed by atoms with van der Waals surface area (Å²) >= 11 is 1.50. The van der Waals surface area contributed by atoms with Gasteiger partial charge in [-0.1, -0.05) is 33.8 Å². The molecule has 1 aromatic heterocycles. The number of non-ortho nitro benzene ring substituents is 1. The molecular formula is C27H36N4O4S.